The van der Waals surface area contributed by atoms with Crippen molar-refractivity contribution >= 4 is 29.2 Å². The molecule has 20 heavy (non-hydrogen) atoms. The van der Waals surface area contributed by atoms with Gasteiger partial charge in [0.2, 0.25) is 0 Å². The van der Waals surface area contributed by atoms with E-state index in [2.05, 4.69) is 15.3 Å². The van der Waals surface area contributed by atoms with Crippen molar-refractivity contribution in [3.63, 3.8) is 0 Å². The van der Waals surface area contributed by atoms with E-state index in [-0.39, 0.29) is 0 Å². The summed E-state index contributed by atoms with van der Waals surface area (Å²) in [4.78, 5) is 18.5. The molecule has 2 heterocycles. The Morgan fingerprint density at radius 3 is 2.95 bits per heavy atom. The monoisotopic (exact) mass is 311 g/mol. The number of imidazole rings is 1. The maximum absolute atomic E-state index is 11.3. The van der Waals surface area contributed by atoms with E-state index in [1.165, 1.54) is 0 Å². The van der Waals surface area contributed by atoms with Crippen LogP contribution in [0.15, 0.2) is 24.5 Å². The molecule has 1 aliphatic rings. The lowest BCUT2D eigenvalue weighted by atomic mass is 9.94. The Morgan fingerprint density at radius 1 is 1.40 bits per heavy atom. The Bertz CT molecular complexity index is 671. The maximum Gasteiger partial charge on any atom is 0.321 e. The van der Waals surface area contributed by atoms with Gasteiger partial charge in [0.05, 0.1) is 28.1 Å². The summed E-state index contributed by atoms with van der Waals surface area (Å²) in [6.45, 7) is 0. The minimum atomic E-state index is -0.909. The Kier molecular flexibility index (Phi) is 3.41. The molecule has 1 aliphatic heterocycles. The second-order valence-electron chi connectivity index (χ2n) is 4.60. The fourth-order valence-corrected chi connectivity index (χ4v) is 2.84. The molecule has 5 nitrogen and oxygen atoms in total. The van der Waals surface area contributed by atoms with Gasteiger partial charge in [-0.25, -0.2) is 4.98 Å². The summed E-state index contributed by atoms with van der Waals surface area (Å²) in [7, 11) is 0. The van der Waals surface area contributed by atoms with Crippen LogP contribution in [0.1, 0.15) is 23.0 Å². The molecule has 3 rings (SSSR count). The minimum Gasteiger partial charge on any atom is -0.480 e. The zero-order chi connectivity index (χ0) is 14.3. The molecule has 2 aromatic rings. The number of aromatic amines is 1. The summed E-state index contributed by atoms with van der Waals surface area (Å²) in [6, 6.07) is 4.20. The minimum absolute atomic E-state index is 0.360. The van der Waals surface area contributed by atoms with Gasteiger partial charge < -0.3 is 10.1 Å². The number of benzene rings is 1. The Balaban J connectivity index is 2.09. The van der Waals surface area contributed by atoms with Crippen LogP contribution in [0.25, 0.3) is 0 Å². The number of H-pyrrole nitrogens is 1. The van der Waals surface area contributed by atoms with Gasteiger partial charge >= 0.3 is 5.97 Å². The number of aliphatic carboxylic acids is 1. The normalized spacial score (nSPS) is 21.5. The fraction of sp³-hybridized carbons (Fsp3) is 0.231. The van der Waals surface area contributed by atoms with Crippen molar-refractivity contribution in [1.29, 1.82) is 0 Å². The van der Waals surface area contributed by atoms with Crippen molar-refractivity contribution in [2.24, 2.45) is 0 Å². The van der Waals surface area contributed by atoms with Crippen LogP contribution in [0.2, 0.25) is 10.0 Å². The topological polar surface area (TPSA) is 78.0 Å². The predicted molar refractivity (Wildman–Crippen MR) is 75.2 cm³/mol. The molecule has 1 aromatic carbocycles. The first kappa shape index (κ1) is 13.4. The van der Waals surface area contributed by atoms with E-state index < -0.39 is 18.1 Å². The molecular weight excluding hydrogens is 301 g/mol. The first-order valence-electron chi connectivity index (χ1n) is 6.03. The van der Waals surface area contributed by atoms with E-state index in [1.807, 2.05) is 6.07 Å². The van der Waals surface area contributed by atoms with Crippen LogP contribution >= 0.6 is 23.2 Å². The lowest BCUT2D eigenvalue weighted by Gasteiger charge is -2.28. The third kappa shape index (κ3) is 2.18. The fourth-order valence-electron chi connectivity index (χ4n) is 2.43. The van der Waals surface area contributed by atoms with Crippen LogP contribution in [0.5, 0.6) is 0 Å². The van der Waals surface area contributed by atoms with Crippen molar-refractivity contribution < 1.29 is 9.90 Å². The number of rotatable bonds is 2. The van der Waals surface area contributed by atoms with Gasteiger partial charge in [-0.05, 0) is 11.6 Å². The summed E-state index contributed by atoms with van der Waals surface area (Å²) in [5, 5.41) is 13.1. The highest BCUT2D eigenvalue weighted by atomic mass is 35.5. The van der Waals surface area contributed by atoms with E-state index in [1.54, 1.807) is 18.5 Å². The molecule has 0 saturated carbocycles. The van der Waals surface area contributed by atoms with Crippen molar-refractivity contribution in [3.8, 4) is 0 Å². The number of halogens is 2. The first-order valence-corrected chi connectivity index (χ1v) is 6.78. The third-order valence-corrected chi connectivity index (χ3v) is 4.23. The van der Waals surface area contributed by atoms with Gasteiger partial charge in [0, 0.05) is 12.1 Å². The van der Waals surface area contributed by atoms with Gasteiger partial charge in [0.1, 0.15) is 6.04 Å². The van der Waals surface area contributed by atoms with Crippen LogP contribution < -0.4 is 5.32 Å². The summed E-state index contributed by atoms with van der Waals surface area (Å²) >= 11 is 12.3. The molecule has 2 atom stereocenters. The van der Waals surface area contributed by atoms with E-state index >= 15 is 0 Å². The first-order chi connectivity index (χ1) is 9.58. The Labute approximate surface area is 124 Å². The quantitative estimate of drug-likeness (QED) is 0.796. The zero-order valence-electron chi connectivity index (χ0n) is 10.2. The predicted octanol–water partition coefficient (Wildman–Crippen LogP) is 2.40. The molecule has 0 radical (unpaired) electrons. The molecule has 7 heteroatoms. The number of nitrogens with zero attached hydrogens (tertiary/aromatic N) is 1. The number of carbonyl (C=O) groups is 1. The van der Waals surface area contributed by atoms with E-state index in [0.717, 1.165) is 17.0 Å². The van der Waals surface area contributed by atoms with Gasteiger partial charge in [-0.15, -0.1) is 0 Å². The number of aromatic nitrogens is 2. The molecular formula is C13H11Cl2N3O2. The van der Waals surface area contributed by atoms with Crippen molar-refractivity contribution in [1.82, 2.24) is 15.3 Å². The number of hydrogen-bond acceptors (Lipinski definition) is 3. The van der Waals surface area contributed by atoms with Crippen molar-refractivity contribution in [2.75, 3.05) is 0 Å². The molecule has 0 aliphatic carbocycles. The lowest BCUT2D eigenvalue weighted by Crippen LogP contribution is -2.45. The molecule has 104 valence electrons. The van der Waals surface area contributed by atoms with E-state index in [4.69, 9.17) is 23.2 Å². The van der Waals surface area contributed by atoms with Crippen LogP contribution in [0, 0.1) is 0 Å². The average molecular weight is 312 g/mol. The third-order valence-electron chi connectivity index (χ3n) is 3.39. The highest BCUT2D eigenvalue weighted by Gasteiger charge is 2.34. The SMILES string of the molecule is O=C(O)[C@H]1Cc2[nH]cnc2[C@H](c2cccc(Cl)c2Cl)N1. The van der Waals surface area contributed by atoms with Crippen molar-refractivity contribution in [3.05, 3.63) is 51.5 Å². The lowest BCUT2D eigenvalue weighted by molar-refractivity contribution is -0.139. The summed E-state index contributed by atoms with van der Waals surface area (Å²) in [5.74, 6) is -0.909. The zero-order valence-corrected chi connectivity index (χ0v) is 11.7. The largest absolute Gasteiger partial charge is 0.480 e. The van der Waals surface area contributed by atoms with Crippen LogP contribution in [0.4, 0.5) is 0 Å². The number of fused-ring (bicyclic) bond motifs is 1. The van der Waals surface area contributed by atoms with E-state index in [9.17, 15) is 9.90 Å². The second-order valence-corrected chi connectivity index (χ2v) is 5.39. The number of nitrogens with one attached hydrogen (secondary N) is 2. The highest BCUT2D eigenvalue weighted by Crippen LogP contribution is 2.35. The number of carboxylic acids is 1. The summed E-state index contributed by atoms with van der Waals surface area (Å²) in [6.07, 6.45) is 1.92. The number of carboxylic acid groups (broad SMARTS) is 1. The average Bonchev–Trinajstić information content (AvgIpc) is 2.89. The van der Waals surface area contributed by atoms with Crippen molar-refractivity contribution in [2.45, 2.75) is 18.5 Å². The molecule has 0 unspecified atom stereocenters. The van der Waals surface area contributed by atoms with Crippen LogP contribution in [0.3, 0.4) is 0 Å². The van der Waals surface area contributed by atoms with Gasteiger partial charge in [-0.3, -0.25) is 10.1 Å². The molecule has 0 amide bonds. The number of hydrogen-bond donors (Lipinski definition) is 3. The smallest absolute Gasteiger partial charge is 0.321 e. The van der Waals surface area contributed by atoms with Crippen LogP contribution in [-0.4, -0.2) is 27.1 Å². The van der Waals surface area contributed by atoms with E-state index in [0.29, 0.717) is 16.5 Å². The van der Waals surface area contributed by atoms with Gasteiger partial charge in [0.25, 0.3) is 0 Å². The Hall–Kier alpha value is -1.56. The second kappa shape index (κ2) is 5.09. The van der Waals surface area contributed by atoms with Gasteiger partial charge in [-0.1, -0.05) is 35.3 Å². The molecule has 0 bridgehead atoms. The maximum atomic E-state index is 11.3. The van der Waals surface area contributed by atoms with Gasteiger partial charge in [0.15, 0.2) is 0 Å². The standard InChI is InChI=1S/C13H11Cl2N3O2/c14-7-3-1-2-6(10(7)15)11-12-8(16-5-17-12)4-9(18-11)13(19)20/h1-3,5,9,11,18H,4H2,(H,16,17)(H,19,20)/t9-,11+/m1/s1. The molecule has 0 saturated heterocycles. The molecule has 0 fully saturated rings. The molecule has 3 N–H and O–H groups in total. The Morgan fingerprint density at radius 2 is 2.20 bits per heavy atom. The van der Waals surface area contributed by atoms with Crippen LogP contribution in [-0.2, 0) is 11.2 Å². The summed E-state index contributed by atoms with van der Waals surface area (Å²) in [5.41, 5.74) is 2.28. The summed E-state index contributed by atoms with van der Waals surface area (Å²) < 4.78 is 0. The molecule has 1 aromatic heterocycles. The van der Waals surface area contributed by atoms with Gasteiger partial charge in [-0.2, -0.15) is 0 Å². The molecule has 0 spiro atoms. The highest BCUT2D eigenvalue weighted by molar-refractivity contribution is 6.42.